The van der Waals surface area contributed by atoms with E-state index in [4.69, 9.17) is 4.42 Å². The third-order valence-corrected chi connectivity index (χ3v) is 4.82. The van der Waals surface area contributed by atoms with Gasteiger partial charge in [0.25, 0.3) is 5.69 Å². The molecular formula is C24H19N3O3. The maximum absolute atomic E-state index is 11.1. The molecule has 0 unspecified atom stereocenters. The lowest BCUT2D eigenvalue weighted by Crippen LogP contribution is -1.90. The van der Waals surface area contributed by atoms with Crippen molar-refractivity contribution in [2.75, 3.05) is 0 Å². The minimum absolute atomic E-state index is 0.0607. The molecule has 4 rings (SSSR count). The van der Waals surface area contributed by atoms with E-state index in [1.54, 1.807) is 36.6 Å². The van der Waals surface area contributed by atoms with Crippen molar-refractivity contribution < 1.29 is 9.34 Å². The van der Waals surface area contributed by atoms with Crippen LogP contribution in [0, 0.1) is 24.0 Å². The van der Waals surface area contributed by atoms with Crippen LogP contribution in [0.2, 0.25) is 0 Å². The Bertz CT molecular complexity index is 1260. The molecule has 148 valence electrons. The molecule has 30 heavy (non-hydrogen) atoms. The number of hydrogen-bond donors (Lipinski definition) is 0. The number of fused-ring (bicyclic) bond motifs is 1. The minimum atomic E-state index is -0.399. The van der Waals surface area contributed by atoms with Gasteiger partial charge in [-0.25, -0.2) is 4.98 Å². The van der Waals surface area contributed by atoms with Gasteiger partial charge in [-0.1, -0.05) is 18.2 Å². The number of hydrogen-bond acceptors (Lipinski definition) is 5. The molecule has 0 aliphatic heterocycles. The second-order valence-electron chi connectivity index (χ2n) is 6.93. The van der Waals surface area contributed by atoms with Gasteiger partial charge < -0.3 is 4.42 Å². The Morgan fingerprint density at radius 3 is 2.67 bits per heavy atom. The first-order valence-corrected chi connectivity index (χ1v) is 9.43. The number of allylic oxidation sites excluding steroid dienone is 1. The lowest BCUT2D eigenvalue weighted by Gasteiger charge is -1.97. The van der Waals surface area contributed by atoms with Crippen molar-refractivity contribution in [2.24, 2.45) is 4.99 Å². The van der Waals surface area contributed by atoms with Crippen molar-refractivity contribution in [1.29, 1.82) is 0 Å². The maximum Gasteiger partial charge on any atom is 0.276 e. The van der Waals surface area contributed by atoms with Crippen LogP contribution in [0.25, 0.3) is 28.6 Å². The van der Waals surface area contributed by atoms with Crippen molar-refractivity contribution >= 4 is 34.8 Å². The lowest BCUT2D eigenvalue weighted by molar-refractivity contribution is -0.385. The van der Waals surface area contributed by atoms with E-state index >= 15 is 0 Å². The second kappa shape index (κ2) is 8.13. The van der Waals surface area contributed by atoms with Crippen molar-refractivity contribution in [3.63, 3.8) is 0 Å². The summed E-state index contributed by atoms with van der Waals surface area (Å²) in [5.74, 6) is 0.544. The molecule has 0 N–H and O–H groups in total. The molecule has 0 amide bonds. The molecule has 0 radical (unpaired) electrons. The Balaban J connectivity index is 1.56. The molecule has 0 bridgehead atoms. The van der Waals surface area contributed by atoms with E-state index in [0.29, 0.717) is 11.5 Å². The zero-order chi connectivity index (χ0) is 21.1. The first-order valence-electron chi connectivity index (χ1n) is 9.43. The smallest absolute Gasteiger partial charge is 0.276 e. The first-order chi connectivity index (χ1) is 14.5. The van der Waals surface area contributed by atoms with Gasteiger partial charge in [-0.2, -0.15) is 0 Å². The minimum Gasteiger partial charge on any atom is -0.436 e. The van der Waals surface area contributed by atoms with E-state index in [1.165, 1.54) is 11.6 Å². The van der Waals surface area contributed by atoms with Crippen LogP contribution in [0.15, 0.2) is 76.1 Å². The molecule has 0 saturated heterocycles. The molecule has 6 heteroatoms. The van der Waals surface area contributed by atoms with Crippen LogP contribution in [0.3, 0.4) is 0 Å². The van der Waals surface area contributed by atoms with Crippen LogP contribution in [0.4, 0.5) is 11.4 Å². The van der Waals surface area contributed by atoms with E-state index in [-0.39, 0.29) is 5.69 Å². The van der Waals surface area contributed by atoms with Crippen LogP contribution in [-0.4, -0.2) is 16.1 Å². The van der Waals surface area contributed by atoms with Crippen LogP contribution in [0.5, 0.6) is 0 Å². The summed E-state index contributed by atoms with van der Waals surface area (Å²) < 4.78 is 5.92. The highest BCUT2D eigenvalue weighted by Crippen LogP contribution is 2.28. The van der Waals surface area contributed by atoms with E-state index in [9.17, 15) is 10.1 Å². The van der Waals surface area contributed by atoms with Gasteiger partial charge in [0, 0.05) is 17.8 Å². The Morgan fingerprint density at radius 2 is 1.83 bits per heavy atom. The Kier molecular flexibility index (Phi) is 5.22. The monoisotopic (exact) mass is 397 g/mol. The van der Waals surface area contributed by atoms with Gasteiger partial charge in [0.2, 0.25) is 5.89 Å². The van der Waals surface area contributed by atoms with Gasteiger partial charge in [-0.15, -0.1) is 0 Å². The third kappa shape index (κ3) is 4.03. The van der Waals surface area contributed by atoms with Gasteiger partial charge in [0.15, 0.2) is 5.58 Å². The summed E-state index contributed by atoms with van der Waals surface area (Å²) >= 11 is 0. The Hall–Kier alpha value is -4.06. The predicted octanol–water partition coefficient (Wildman–Crippen LogP) is 6.44. The summed E-state index contributed by atoms with van der Waals surface area (Å²) in [6.45, 7) is 4.10. The van der Waals surface area contributed by atoms with Gasteiger partial charge in [0.05, 0.1) is 16.2 Å². The number of nitro groups is 1. The highest BCUT2D eigenvalue weighted by molar-refractivity contribution is 5.82. The van der Waals surface area contributed by atoms with Crippen molar-refractivity contribution in [3.8, 4) is 11.5 Å². The summed E-state index contributed by atoms with van der Waals surface area (Å²) in [4.78, 5) is 19.7. The number of nitro benzene ring substituents is 1. The SMILES string of the molecule is Cc1cc2nc(-c3cccc(N=CC=Cc4ccccc4[N+](=O)[O-])c3)oc2cc1C. The maximum atomic E-state index is 11.1. The summed E-state index contributed by atoms with van der Waals surface area (Å²) in [7, 11) is 0. The van der Waals surface area contributed by atoms with Crippen LogP contribution < -0.4 is 0 Å². The summed E-state index contributed by atoms with van der Waals surface area (Å²) in [5.41, 5.74) is 6.07. The number of oxazole rings is 1. The van der Waals surface area contributed by atoms with Crippen molar-refractivity contribution in [2.45, 2.75) is 13.8 Å². The van der Waals surface area contributed by atoms with E-state index < -0.39 is 4.92 Å². The van der Waals surface area contributed by atoms with Gasteiger partial charge >= 0.3 is 0 Å². The van der Waals surface area contributed by atoms with Crippen LogP contribution in [0.1, 0.15) is 16.7 Å². The van der Waals surface area contributed by atoms with Crippen LogP contribution >= 0.6 is 0 Å². The lowest BCUT2D eigenvalue weighted by atomic mass is 10.1. The van der Waals surface area contributed by atoms with E-state index in [0.717, 1.165) is 27.9 Å². The van der Waals surface area contributed by atoms with Crippen molar-refractivity contribution in [1.82, 2.24) is 4.98 Å². The Labute approximate surface area is 173 Å². The average molecular weight is 397 g/mol. The molecule has 0 saturated carbocycles. The standard InChI is InChI=1S/C24H19N3O3/c1-16-13-21-23(14-17(16)2)30-24(26-21)19-8-5-10-20(15-19)25-12-6-9-18-7-3-4-11-22(18)27(28)29/h3-15H,1-2H3. The summed E-state index contributed by atoms with van der Waals surface area (Å²) in [6.07, 6.45) is 4.95. The summed E-state index contributed by atoms with van der Waals surface area (Å²) in [5, 5.41) is 11.1. The Morgan fingerprint density at radius 1 is 1.03 bits per heavy atom. The van der Waals surface area contributed by atoms with Gasteiger partial charge in [-0.05, 0) is 73.5 Å². The molecule has 0 spiro atoms. The molecule has 4 aromatic rings. The number of rotatable bonds is 5. The second-order valence-corrected chi connectivity index (χ2v) is 6.93. The highest BCUT2D eigenvalue weighted by atomic mass is 16.6. The summed E-state index contributed by atoms with van der Waals surface area (Å²) in [6, 6.07) is 18.2. The van der Waals surface area contributed by atoms with Gasteiger partial charge in [0.1, 0.15) is 5.52 Å². The molecule has 6 nitrogen and oxygen atoms in total. The first kappa shape index (κ1) is 19.3. The molecule has 0 fully saturated rings. The number of aromatic nitrogens is 1. The number of aliphatic imine (C=N–C) groups is 1. The molecule has 0 aliphatic carbocycles. The average Bonchev–Trinajstić information content (AvgIpc) is 3.14. The molecule has 1 heterocycles. The highest BCUT2D eigenvalue weighted by Gasteiger charge is 2.10. The molecule has 0 atom stereocenters. The van der Waals surface area contributed by atoms with Crippen LogP contribution in [-0.2, 0) is 0 Å². The quantitative estimate of drug-likeness (QED) is 0.220. The predicted molar refractivity (Wildman–Crippen MR) is 119 cm³/mol. The third-order valence-electron chi connectivity index (χ3n) is 4.82. The number of para-hydroxylation sites is 1. The fourth-order valence-electron chi connectivity index (χ4n) is 3.09. The largest absolute Gasteiger partial charge is 0.436 e. The zero-order valence-electron chi connectivity index (χ0n) is 16.6. The zero-order valence-corrected chi connectivity index (χ0v) is 16.6. The fraction of sp³-hybridized carbons (Fsp3) is 0.0833. The molecule has 3 aromatic carbocycles. The molecular weight excluding hydrogens is 378 g/mol. The van der Waals surface area contributed by atoms with Crippen molar-refractivity contribution in [3.05, 3.63) is 93.5 Å². The number of aryl methyl sites for hydroxylation is 2. The van der Waals surface area contributed by atoms with Gasteiger partial charge in [-0.3, -0.25) is 15.1 Å². The number of nitrogens with zero attached hydrogens (tertiary/aromatic N) is 3. The number of benzene rings is 3. The van der Waals surface area contributed by atoms with E-state index in [2.05, 4.69) is 16.9 Å². The fourth-order valence-corrected chi connectivity index (χ4v) is 3.09. The normalized spacial score (nSPS) is 11.7. The molecule has 0 aliphatic rings. The molecule has 1 aromatic heterocycles. The van der Waals surface area contributed by atoms with E-state index in [1.807, 2.05) is 43.3 Å². The topological polar surface area (TPSA) is 81.5 Å².